The molecule has 3 nitrogen and oxygen atoms in total. The molecule has 1 rings (SSSR count). The van der Waals surface area contributed by atoms with Crippen LogP contribution < -0.4 is 5.73 Å². The second kappa shape index (κ2) is 3.09. The highest BCUT2D eigenvalue weighted by Gasteiger charge is 2.40. The van der Waals surface area contributed by atoms with E-state index in [-0.39, 0.29) is 12.1 Å². The topological polar surface area (TPSA) is 49.5 Å². The number of aliphatic hydroxyl groups excluding tert-OH is 1. The molecule has 0 saturated carbocycles. The Balaban J connectivity index is 2.67. The fourth-order valence-corrected chi connectivity index (χ4v) is 2.05. The highest BCUT2D eigenvalue weighted by Crippen LogP contribution is 2.26. The second-order valence-electron chi connectivity index (χ2n) is 3.55. The minimum absolute atomic E-state index is 0.107. The summed E-state index contributed by atoms with van der Waals surface area (Å²) in [5, 5.41) is 9.09. The molecule has 0 aromatic rings. The normalized spacial score (nSPS) is 39.8. The van der Waals surface area contributed by atoms with Gasteiger partial charge in [0.25, 0.3) is 0 Å². The van der Waals surface area contributed by atoms with Gasteiger partial charge in [0.2, 0.25) is 0 Å². The number of likely N-dealkylation sites (N-methyl/N-ethyl adjacent to an activating group) is 1. The van der Waals surface area contributed by atoms with Crippen LogP contribution in [0.25, 0.3) is 0 Å². The Hall–Kier alpha value is -0.120. The van der Waals surface area contributed by atoms with Crippen LogP contribution in [0.4, 0.5) is 0 Å². The molecule has 0 amide bonds. The van der Waals surface area contributed by atoms with Crippen molar-refractivity contribution in [3.63, 3.8) is 0 Å². The van der Waals surface area contributed by atoms with Crippen LogP contribution in [0.1, 0.15) is 19.8 Å². The lowest BCUT2D eigenvalue weighted by molar-refractivity contribution is 0.149. The molecule has 0 bridgehead atoms. The molecule has 66 valence electrons. The zero-order valence-electron chi connectivity index (χ0n) is 7.38. The lowest BCUT2D eigenvalue weighted by Gasteiger charge is -2.31. The molecular weight excluding hydrogens is 140 g/mol. The summed E-state index contributed by atoms with van der Waals surface area (Å²) in [4.78, 5) is 2.23. The van der Waals surface area contributed by atoms with E-state index < -0.39 is 0 Å². The van der Waals surface area contributed by atoms with Gasteiger partial charge in [-0.15, -0.1) is 0 Å². The van der Waals surface area contributed by atoms with E-state index in [1.807, 2.05) is 0 Å². The first kappa shape index (κ1) is 8.97. The molecule has 11 heavy (non-hydrogen) atoms. The van der Waals surface area contributed by atoms with Crippen molar-refractivity contribution in [1.82, 2.24) is 4.90 Å². The van der Waals surface area contributed by atoms with Crippen molar-refractivity contribution < 1.29 is 5.11 Å². The molecule has 2 unspecified atom stereocenters. The largest absolute Gasteiger partial charge is 0.394 e. The van der Waals surface area contributed by atoms with E-state index >= 15 is 0 Å². The van der Waals surface area contributed by atoms with E-state index in [0.717, 1.165) is 19.4 Å². The maximum atomic E-state index is 9.09. The van der Waals surface area contributed by atoms with Crippen LogP contribution in [0.5, 0.6) is 0 Å². The molecule has 0 aromatic heterocycles. The average molecular weight is 158 g/mol. The SMILES string of the molecule is CCC1N(C)CCC1(N)CO. The smallest absolute Gasteiger partial charge is 0.0627 e. The molecular formula is C8H18N2O. The third-order valence-corrected chi connectivity index (χ3v) is 2.81. The van der Waals surface area contributed by atoms with Crippen molar-refractivity contribution in [2.24, 2.45) is 5.73 Å². The first-order chi connectivity index (χ1) is 5.14. The van der Waals surface area contributed by atoms with Gasteiger partial charge < -0.3 is 15.7 Å². The molecule has 3 N–H and O–H groups in total. The summed E-state index contributed by atoms with van der Waals surface area (Å²) >= 11 is 0. The van der Waals surface area contributed by atoms with Crippen molar-refractivity contribution in [3.05, 3.63) is 0 Å². The fourth-order valence-electron chi connectivity index (χ4n) is 2.05. The van der Waals surface area contributed by atoms with Crippen molar-refractivity contribution in [1.29, 1.82) is 0 Å². The van der Waals surface area contributed by atoms with Crippen LogP contribution in [0, 0.1) is 0 Å². The summed E-state index contributed by atoms with van der Waals surface area (Å²) in [5.74, 6) is 0. The van der Waals surface area contributed by atoms with Crippen LogP contribution in [0.3, 0.4) is 0 Å². The van der Waals surface area contributed by atoms with Crippen LogP contribution in [-0.2, 0) is 0 Å². The highest BCUT2D eigenvalue weighted by atomic mass is 16.3. The number of hydrogen-bond donors (Lipinski definition) is 2. The van der Waals surface area contributed by atoms with E-state index in [0.29, 0.717) is 6.04 Å². The molecule has 1 aliphatic rings. The maximum absolute atomic E-state index is 9.09. The maximum Gasteiger partial charge on any atom is 0.0627 e. The Bertz CT molecular complexity index is 140. The lowest BCUT2D eigenvalue weighted by Crippen LogP contribution is -2.53. The van der Waals surface area contributed by atoms with Crippen molar-refractivity contribution in [2.45, 2.75) is 31.3 Å². The van der Waals surface area contributed by atoms with Crippen LogP contribution in [-0.4, -0.2) is 41.8 Å². The van der Waals surface area contributed by atoms with E-state index in [4.69, 9.17) is 10.8 Å². The van der Waals surface area contributed by atoms with E-state index in [1.165, 1.54) is 0 Å². The van der Waals surface area contributed by atoms with Crippen LogP contribution in [0.2, 0.25) is 0 Å². The van der Waals surface area contributed by atoms with Crippen molar-refractivity contribution >= 4 is 0 Å². The predicted molar refractivity (Wildman–Crippen MR) is 45.3 cm³/mol. The van der Waals surface area contributed by atoms with Crippen molar-refractivity contribution in [2.75, 3.05) is 20.2 Å². The summed E-state index contributed by atoms with van der Waals surface area (Å²) in [6.45, 7) is 3.23. The Morgan fingerprint density at radius 2 is 2.36 bits per heavy atom. The third kappa shape index (κ3) is 1.41. The number of likely N-dealkylation sites (tertiary alicyclic amines) is 1. The summed E-state index contributed by atoms with van der Waals surface area (Å²) < 4.78 is 0. The first-order valence-corrected chi connectivity index (χ1v) is 4.24. The molecule has 1 heterocycles. The minimum atomic E-state index is -0.344. The first-order valence-electron chi connectivity index (χ1n) is 4.24. The zero-order valence-corrected chi connectivity index (χ0v) is 7.38. The summed E-state index contributed by atoms with van der Waals surface area (Å²) in [7, 11) is 2.07. The second-order valence-corrected chi connectivity index (χ2v) is 3.55. The Kier molecular flexibility index (Phi) is 2.52. The van der Waals surface area contributed by atoms with Gasteiger partial charge in [-0.1, -0.05) is 6.92 Å². The average Bonchev–Trinajstić information content (AvgIpc) is 2.29. The van der Waals surface area contributed by atoms with Gasteiger partial charge in [0.15, 0.2) is 0 Å². The van der Waals surface area contributed by atoms with Gasteiger partial charge in [-0.25, -0.2) is 0 Å². The van der Waals surface area contributed by atoms with E-state index in [1.54, 1.807) is 0 Å². The number of rotatable bonds is 2. The fraction of sp³-hybridized carbons (Fsp3) is 1.00. The molecule has 3 heteroatoms. The molecule has 2 atom stereocenters. The standard InChI is InChI=1S/C8H18N2O/c1-3-7-8(9,6-11)4-5-10(7)2/h7,11H,3-6,9H2,1-2H3. The Morgan fingerprint density at radius 3 is 2.73 bits per heavy atom. The molecule has 1 saturated heterocycles. The summed E-state index contributed by atoms with van der Waals surface area (Å²) in [5.41, 5.74) is 5.67. The number of aliphatic hydroxyl groups is 1. The van der Waals surface area contributed by atoms with Gasteiger partial charge in [-0.2, -0.15) is 0 Å². The van der Waals surface area contributed by atoms with Crippen LogP contribution in [0.15, 0.2) is 0 Å². The van der Waals surface area contributed by atoms with Gasteiger partial charge in [-0.05, 0) is 19.9 Å². The third-order valence-electron chi connectivity index (χ3n) is 2.81. The van der Waals surface area contributed by atoms with Gasteiger partial charge >= 0.3 is 0 Å². The molecule has 1 fully saturated rings. The Morgan fingerprint density at radius 1 is 1.73 bits per heavy atom. The quantitative estimate of drug-likeness (QED) is 0.584. The van der Waals surface area contributed by atoms with Crippen LogP contribution >= 0.6 is 0 Å². The number of nitrogens with two attached hydrogens (primary N) is 1. The van der Waals surface area contributed by atoms with Gasteiger partial charge in [0, 0.05) is 12.6 Å². The Labute approximate surface area is 68.2 Å². The lowest BCUT2D eigenvalue weighted by atomic mass is 9.91. The number of hydrogen-bond acceptors (Lipinski definition) is 3. The molecule has 0 aliphatic carbocycles. The van der Waals surface area contributed by atoms with E-state index in [9.17, 15) is 0 Å². The predicted octanol–water partition coefficient (Wildman–Crippen LogP) is -0.210. The summed E-state index contributed by atoms with van der Waals surface area (Å²) in [6.07, 6.45) is 1.94. The molecule has 0 spiro atoms. The molecule has 1 aliphatic heterocycles. The van der Waals surface area contributed by atoms with E-state index in [2.05, 4.69) is 18.9 Å². The van der Waals surface area contributed by atoms with Gasteiger partial charge in [0.1, 0.15) is 0 Å². The monoisotopic (exact) mass is 158 g/mol. The molecule has 0 aromatic carbocycles. The number of nitrogens with zero attached hydrogens (tertiary/aromatic N) is 1. The highest BCUT2D eigenvalue weighted by molar-refractivity contribution is 5.01. The zero-order chi connectivity index (χ0) is 8.48. The summed E-state index contributed by atoms with van der Waals surface area (Å²) in [6, 6.07) is 0.354. The van der Waals surface area contributed by atoms with Gasteiger partial charge in [0.05, 0.1) is 12.1 Å². The van der Waals surface area contributed by atoms with Gasteiger partial charge in [-0.3, -0.25) is 0 Å². The minimum Gasteiger partial charge on any atom is -0.394 e. The molecule has 0 radical (unpaired) electrons. The van der Waals surface area contributed by atoms with Crippen molar-refractivity contribution in [3.8, 4) is 0 Å².